The van der Waals surface area contributed by atoms with E-state index in [-0.39, 0.29) is 5.69 Å². The van der Waals surface area contributed by atoms with Crippen molar-refractivity contribution in [3.63, 3.8) is 0 Å². The van der Waals surface area contributed by atoms with Crippen molar-refractivity contribution in [2.45, 2.75) is 26.0 Å². The first-order chi connectivity index (χ1) is 9.77. The van der Waals surface area contributed by atoms with E-state index in [0.717, 1.165) is 5.69 Å². The molecule has 2 aromatic rings. The topological polar surface area (TPSA) is 86.5 Å². The standard InChI is InChI=1S/C14H17N3O3S/c1-14(2,20)13-15-9(8-21-13)7-17(3)11-6-4-5-10(16-11)12(18)19/h4-6,8,20H,7H2,1-3H3,(H,18,19). The van der Waals surface area contributed by atoms with Gasteiger partial charge >= 0.3 is 5.97 Å². The van der Waals surface area contributed by atoms with Crippen molar-refractivity contribution in [1.82, 2.24) is 9.97 Å². The zero-order chi connectivity index (χ0) is 15.6. The highest BCUT2D eigenvalue weighted by atomic mass is 32.1. The van der Waals surface area contributed by atoms with Gasteiger partial charge < -0.3 is 15.1 Å². The summed E-state index contributed by atoms with van der Waals surface area (Å²) >= 11 is 1.40. The van der Waals surface area contributed by atoms with Crippen LogP contribution in [-0.4, -0.2) is 33.2 Å². The van der Waals surface area contributed by atoms with E-state index in [1.54, 1.807) is 26.0 Å². The number of aliphatic hydroxyl groups is 1. The molecule has 2 heterocycles. The van der Waals surface area contributed by atoms with E-state index in [0.29, 0.717) is 17.4 Å². The summed E-state index contributed by atoms with van der Waals surface area (Å²) in [5.41, 5.74) is -0.139. The Morgan fingerprint density at radius 1 is 1.38 bits per heavy atom. The molecule has 0 aliphatic rings. The van der Waals surface area contributed by atoms with E-state index in [1.165, 1.54) is 17.4 Å². The van der Waals surface area contributed by atoms with Gasteiger partial charge in [-0.25, -0.2) is 14.8 Å². The fourth-order valence-electron chi connectivity index (χ4n) is 1.74. The van der Waals surface area contributed by atoms with Crippen molar-refractivity contribution < 1.29 is 15.0 Å². The van der Waals surface area contributed by atoms with Crippen LogP contribution in [0.3, 0.4) is 0 Å². The summed E-state index contributed by atoms with van der Waals surface area (Å²) in [6, 6.07) is 4.86. The van der Waals surface area contributed by atoms with Gasteiger partial charge in [0, 0.05) is 12.4 Å². The monoisotopic (exact) mass is 307 g/mol. The number of anilines is 1. The van der Waals surface area contributed by atoms with E-state index in [4.69, 9.17) is 5.11 Å². The zero-order valence-corrected chi connectivity index (χ0v) is 12.9. The summed E-state index contributed by atoms with van der Waals surface area (Å²) in [5, 5.41) is 21.4. The lowest BCUT2D eigenvalue weighted by molar-refractivity contribution is 0.0690. The van der Waals surface area contributed by atoms with E-state index >= 15 is 0 Å². The summed E-state index contributed by atoms with van der Waals surface area (Å²) < 4.78 is 0. The first kappa shape index (κ1) is 15.4. The molecule has 2 aromatic heterocycles. The number of nitrogens with zero attached hydrogens (tertiary/aromatic N) is 3. The SMILES string of the molecule is CN(Cc1csc(C(C)(C)O)n1)c1cccc(C(=O)O)n1. The van der Waals surface area contributed by atoms with Gasteiger partial charge in [0.25, 0.3) is 0 Å². The summed E-state index contributed by atoms with van der Waals surface area (Å²) in [4.78, 5) is 21.2. The van der Waals surface area contributed by atoms with Crippen molar-refractivity contribution in [2.24, 2.45) is 0 Å². The molecule has 7 heteroatoms. The van der Waals surface area contributed by atoms with Crippen molar-refractivity contribution in [3.8, 4) is 0 Å². The number of carboxylic acid groups (broad SMARTS) is 1. The maximum absolute atomic E-state index is 10.9. The first-order valence-electron chi connectivity index (χ1n) is 6.36. The number of pyridine rings is 1. The van der Waals surface area contributed by atoms with Gasteiger partial charge in [0.15, 0.2) is 5.69 Å². The highest BCUT2D eigenvalue weighted by Gasteiger charge is 2.20. The number of carboxylic acids is 1. The molecule has 0 radical (unpaired) electrons. The minimum absolute atomic E-state index is 0.00908. The number of thiazole rings is 1. The van der Waals surface area contributed by atoms with Gasteiger partial charge in [0.2, 0.25) is 0 Å². The van der Waals surface area contributed by atoms with Gasteiger partial charge in [0.1, 0.15) is 16.4 Å². The maximum atomic E-state index is 10.9. The third-order valence-electron chi connectivity index (χ3n) is 2.82. The minimum Gasteiger partial charge on any atom is -0.477 e. The molecule has 0 atom stereocenters. The van der Waals surface area contributed by atoms with Crippen LogP contribution in [0.2, 0.25) is 0 Å². The number of hydrogen-bond acceptors (Lipinski definition) is 6. The van der Waals surface area contributed by atoms with Gasteiger partial charge in [-0.3, -0.25) is 0 Å². The largest absolute Gasteiger partial charge is 0.477 e. The quantitative estimate of drug-likeness (QED) is 0.879. The third-order valence-corrected chi connectivity index (χ3v) is 4.02. The number of carbonyl (C=O) groups is 1. The van der Waals surface area contributed by atoms with Crippen molar-refractivity contribution in [3.05, 3.63) is 40.0 Å². The number of aromatic nitrogens is 2. The first-order valence-corrected chi connectivity index (χ1v) is 7.24. The molecule has 0 aromatic carbocycles. The van der Waals surface area contributed by atoms with Gasteiger partial charge in [0.05, 0.1) is 12.2 Å². The van der Waals surface area contributed by atoms with E-state index in [2.05, 4.69) is 9.97 Å². The van der Waals surface area contributed by atoms with Crippen LogP contribution in [0.1, 0.15) is 35.0 Å². The Morgan fingerprint density at radius 3 is 2.67 bits per heavy atom. The van der Waals surface area contributed by atoms with Crippen LogP contribution in [-0.2, 0) is 12.1 Å². The Bertz CT molecular complexity index is 649. The van der Waals surface area contributed by atoms with Crippen LogP contribution in [0.5, 0.6) is 0 Å². The summed E-state index contributed by atoms with van der Waals surface area (Å²) in [5.74, 6) is -0.490. The molecule has 0 aliphatic carbocycles. The van der Waals surface area contributed by atoms with Crippen molar-refractivity contribution in [2.75, 3.05) is 11.9 Å². The number of rotatable bonds is 5. The van der Waals surface area contributed by atoms with Crippen LogP contribution in [0.4, 0.5) is 5.82 Å². The molecule has 0 bridgehead atoms. The molecule has 2 rings (SSSR count). The molecule has 0 amide bonds. The summed E-state index contributed by atoms with van der Waals surface area (Å²) in [6.07, 6.45) is 0. The van der Waals surface area contributed by atoms with Gasteiger partial charge in [-0.1, -0.05) is 6.07 Å². The Morgan fingerprint density at radius 2 is 2.10 bits per heavy atom. The van der Waals surface area contributed by atoms with E-state index < -0.39 is 11.6 Å². The fraction of sp³-hybridized carbons (Fsp3) is 0.357. The molecule has 21 heavy (non-hydrogen) atoms. The average molecular weight is 307 g/mol. The zero-order valence-electron chi connectivity index (χ0n) is 12.1. The molecule has 0 saturated carbocycles. The van der Waals surface area contributed by atoms with E-state index in [1.807, 2.05) is 17.3 Å². The maximum Gasteiger partial charge on any atom is 0.354 e. The molecular formula is C14H17N3O3S. The van der Waals surface area contributed by atoms with Crippen molar-refractivity contribution >= 4 is 23.1 Å². The Balaban J connectivity index is 2.14. The molecule has 2 N–H and O–H groups in total. The third kappa shape index (κ3) is 3.77. The van der Waals surface area contributed by atoms with Crippen LogP contribution in [0.15, 0.2) is 23.6 Å². The second kappa shape index (κ2) is 5.79. The minimum atomic E-state index is -1.05. The molecule has 112 valence electrons. The predicted octanol–water partition coefficient (Wildman–Crippen LogP) is 2.10. The molecule has 0 spiro atoms. The predicted molar refractivity (Wildman–Crippen MR) is 80.7 cm³/mol. The van der Waals surface area contributed by atoms with Crippen LogP contribution < -0.4 is 4.90 Å². The van der Waals surface area contributed by atoms with Gasteiger partial charge in [-0.2, -0.15) is 0 Å². The molecule has 0 aliphatic heterocycles. The van der Waals surface area contributed by atoms with Crippen LogP contribution in [0.25, 0.3) is 0 Å². The number of hydrogen-bond donors (Lipinski definition) is 2. The molecular weight excluding hydrogens is 290 g/mol. The Hall–Kier alpha value is -1.99. The average Bonchev–Trinajstić information content (AvgIpc) is 2.87. The summed E-state index contributed by atoms with van der Waals surface area (Å²) in [6.45, 7) is 3.87. The summed E-state index contributed by atoms with van der Waals surface area (Å²) in [7, 11) is 1.82. The highest BCUT2D eigenvalue weighted by Crippen LogP contribution is 2.24. The van der Waals surface area contributed by atoms with Gasteiger partial charge in [-0.15, -0.1) is 11.3 Å². The Labute approximate surface area is 126 Å². The highest BCUT2D eigenvalue weighted by molar-refractivity contribution is 7.09. The second-order valence-corrected chi connectivity index (χ2v) is 6.10. The second-order valence-electron chi connectivity index (χ2n) is 5.25. The normalized spacial score (nSPS) is 11.4. The van der Waals surface area contributed by atoms with Crippen LogP contribution in [0, 0.1) is 0 Å². The van der Waals surface area contributed by atoms with Gasteiger partial charge in [-0.05, 0) is 26.0 Å². The van der Waals surface area contributed by atoms with Crippen molar-refractivity contribution in [1.29, 1.82) is 0 Å². The lowest BCUT2D eigenvalue weighted by Crippen LogP contribution is -2.20. The lowest BCUT2D eigenvalue weighted by Gasteiger charge is -2.17. The molecule has 0 fully saturated rings. The number of aromatic carboxylic acids is 1. The molecule has 0 saturated heterocycles. The van der Waals surface area contributed by atoms with E-state index in [9.17, 15) is 9.90 Å². The smallest absolute Gasteiger partial charge is 0.354 e. The lowest BCUT2D eigenvalue weighted by atomic mass is 10.1. The van der Waals surface area contributed by atoms with Crippen LogP contribution >= 0.6 is 11.3 Å². The molecule has 0 unspecified atom stereocenters. The Kier molecular flexibility index (Phi) is 4.24. The molecule has 6 nitrogen and oxygen atoms in total. The fourth-order valence-corrected chi connectivity index (χ4v) is 2.57.